The molecule has 4 rings (SSSR count). The topological polar surface area (TPSA) is 97.7 Å². The fraction of sp³-hybridized carbons (Fsp3) is 0.217. The number of benzene rings is 2. The Labute approximate surface area is 208 Å². The third-order valence-electron chi connectivity index (χ3n) is 5.60. The maximum Gasteiger partial charge on any atom is 0.513 e. The van der Waals surface area contributed by atoms with Gasteiger partial charge in [0.1, 0.15) is 5.69 Å². The van der Waals surface area contributed by atoms with E-state index in [1.807, 2.05) is 0 Å². The summed E-state index contributed by atoms with van der Waals surface area (Å²) < 4.78 is 91.4. The quantitative estimate of drug-likeness (QED) is 0.213. The number of nitrogens with zero attached hydrogens (tertiary/aromatic N) is 2. The number of fused-ring (bicyclic) bond motifs is 1. The molecule has 2 N–H and O–H groups in total. The standard InChI is InChI=1S/C23H15ClF6N2O5/c1-11-8-12-9-13(21(35,22(25,26)27)23(28,29)30)6-7-17(12)32(11)10-16-19(37-20(33)34)36-18(31-16)14-4-2-3-5-15(14)24/h2-9,35H,10H2,1H3,(H,33,34). The SMILES string of the molecule is Cc1cc2cc(C(O)(C(F)(F)F)C(F)(F)F)ccc2n1Cc1nc(-c2ccccc2Cl)oc1OC(=O)O. The van der Waals surface area contributed by atoms with E-state index in [-0.39, 0.29) is 34.1 Å². The summed E-state index contributed by atoms with van der Waals surface area (Å²) in [6.45, 7) is 1.29. The van der Waals surface area contributed by atoms with Gasteiger partial charge in [0, 0.05) is 22.2 Å². The summed E-state index contributed by atoms with van der Waals surface area (Å²) in [5.41, 5.74) is -5.65. The highest BCUT2D eigenvalue weighted by molar-refractivity contribution is 6.33. The fourth-order valence-corrected chi connectivity index (χ4v) is 4.04. The molecular formula is C23H15ClF6N2O5. The predicted octanol–water partition coefficient (Wildman–Crippen LogP) is 6.68. The number of aliphatic hydroxyl groups is 1. The van der Waals surface area contributed by atoms with Crippen LogP contribution in [0.2, 0.25) is 5.02 Å². The van der Waals surface area contributed by atoms with Crippen LogP contribution in [0.1, 0.15) is 17.0 Å². The van der Waals surface area contributed by atoms with Gasteiger partial charge >= 0.3 is 24.5 Å². The number of carboxylic acid groups (broad SMARTS) is 1. The van der Waals surface area contributed by atoms with Crippen LogP contribution in [0, 0.1) is 6.92 Å². The lowest BCUT2D eigenvalue weighted by Gasteiger charge is -2.32. The number of rotatable bonds is 5. The maximum absolute atomic E-state index is 13.3. The second-order valence-corrected chi connectivity index (χ2v) is 8.36. The highest BCUT2D eigenvalue weighted by Gasteiger charge is 2.71. The first-order valence-corrected chi connectivity index (χ1v) is 10.6. The zero-order valence-corrected chi connectivity index (χ0v) is 19.2. The van der Waals surface area contributed by atoms with E-state index in [4.69, 9.17) is 21.1 Å². The Balaban J connectivity index is 1.80. The van der Waals surface area contributed by atoms with Gasteiger partial charge in [-0.25, -0.2) is 9.78 Å². The molecule has 2 aromatic heterocycles. The summed E-state index contributed by atoms with van der Waals surface area (Å²) in [6.07, 6.45) is -13.8. The Morgan fingerprint density at radius 1 is 1.08 bits per heavy atom. The minimum Gasteiger partial charge on any atom is -0.449 e. The van der Waals surface area contributed by atoms with E-state index in [9.17, 15) is 36.2 Å². The van der Waals surface area contributed by atoms with Gasteiger partial charge in [-0.1, -0.05) is 29.8 Å². The normalized spacial score (nSPS) is 12.8. The van der Waals surface area contributed by atoms with Crippen LogP contribution < -0.4 is 4.74 Å². The molecule has 0 aliphatic heterocycles. The number of halogens is 7. The van der Waals surface area contributed by atoms with Gasteiger partial charge in [0.05, 0.1) is 17.1 Å². The van der Waals surface area contributed by atoms with Gasteiger partial charge in [0.25, 0.3) is 5.60 Å². The minimum absolute atomic E-state index is 0.0379. The maximum atomic E-state index is 13.3. The predicted molar refractivity (Wildman–Crippen MR) is 117 cm³/mol. The van der Waals surface area contributed by atoms with E-state index in [1.165, 1.54) is 17.6 Å². The van der Waals surface area contributed by atoms with E-state index < -0.39 is 35.6 Å². The van der Waals surface area contributed by atoms with Crippen molar-refractivity contribution in [1.82, 2.24) is 9.55 Å². The van der Waals surface area contributed by atoms with Crippen LogP contribution in [0.25, 0.3) is 22.4 Å². The van der Waals surface area contributed by atoms with Crippen LogP contribution in [0.15, 0.2) is 52.9 Å². The van der Waals surface area contributed by atoms with Crippen molar-refractivity contribution in [1.29, 1.82) is 0 Å². The van der Waals surface area contributed by atoms with Crippen LogP contribution in [0.5, 0.6) is 5.95 Å². The smallest absolute Gasteiger partial charge is 0.449 e. The van der Waals surface area contributed by atoms with Gasteiger partial charge in [0.15, 0.2) is 0 Å². The third-order valence-corrected chi connectivity index (χ3v) is 5.93. The molecular weight excluding hydrogens is 534 g/mol. The molecule has 0 aliphatic rings. The molecule has 0 unspecified atom stereocenters. The summed E-state index contributed by atoms with van der Waals surface area (Å²) in [5.74, 6) is -0.572. The average Bonchev–Trinajstić information content (AvgIpc) is 3.31. The molecule has 4 aromatic rings. The molecule has 0 fully saturated rings. The molecule has 0 saturated heterocycles. The Morgan fingerprint density at radius 2 is 1.73 bits per heavy atom. The van der Waals surface area contributed by atoms with E-state index >= 15 is 0 Å². The number of oxazole rings is 1. The molecule has 0 radical (unpaired) electrons. The number of aromatic nitrogens is 2. The van der Waals surface area contributed by atoms with Crippen LogP contribution in [-0.2, 0) is 12.1 Å². The van der Waals surface area contributed by atoms with E-state index in [1.54, 1.807) is 24.3 Å². The average molecular weight is 549 g/mol. The summed E-state index contributed by atoms with van der Waals surface area (Å²) in [7, 11) is 0. The van der Waals surface area contributed by atoms with E-state index in [2.05, 4.69) is 9.72 Å². The molecule has 37 heavy (non-hydrogen) atoms. The Bertz CT molecular complexity index is 1480. The van der Waals surface area contributed by atoms with Gasteiger partial charge in [-0.3, -0.25) is 0 Å². The lowest BCUT2D eigenvalue weighted by molar-refractivity contribution is -0.376. The molecule has 2 aromatic carbocycles. The van der Waals surface area contributed by atoms with Crippen LogP contribution in [0.3, 0.4) is 0 Å². The molecule has 0 atom stereocenters. The zero-order valence-electron chi connectivity index (χ0n) is 18.5. The van der Waals surface area contributed by atoms with Crippen molar-refractivity contribution in [2.75, 3.05) is 0 Å². The number of alkyl halides is 6. The summed E-state index contributed by atoms with van der Waals surface area (Å²) in [6, 6.07) is 9.77. The Hall–Kier alpha value is -3.71. The minimum atomic E-state index is -6.03. The van der Waals surface area contributed by atoms with Crippen LogP contribution >= 0.6 is 11.6 Å². The number of hydrogen-bond acceptors (Lipinski definition) is 5. The van der Waals surface area contributed by atoms with Crippen molar-refractivity contribution in [3.8, 4) is 17.4 Å². The molecule has 0 saturated carbocycles. The van der Waals surface area contributed by atoms with Crippen molar-refractivity contribution in [2.45, 2.75) is 31.4 Å². The van der Waals surface area contributed by atoms with Gasteiger partial charge < -0.3 is 23.9 Å². The van der Waals surface area contributed by atoms with Crippen molar-refractivity contribution < 1.29 is 50.5 Å². The number of ether oxygens (including phenoxy) is 1. The molecule has 0 bridgehead atoms. The monoisotopic (exact) mass is 548 g/mol. The number of aryl methyl sites for hydroxylation is 1. The first-order valence-electron chi connectivity index (χ1n) is 10.2. The molecule has 2 heterocycles. The first-order chi connectivity index (χ1) is 17.1. The van der Waals surface area contributed by atoms with Gasteiger partial charge in [0.2, 0.25) is 5.89 Å². The largest absolute Gasteiger partial charge is 0.513 e. The summed E-state index contributed by atoms with van der Waals surface area (Å²) >= 11 is 6.14. The van der Waals surface area contributed by atoms with Crippen molar-refractivity contribution in [3.63, 3.8) is 0 Å². The highest BCUT2D eigenvalue weighted by atomic mass is 35.5. The lowest BCUT2D eigenvalue weighted by Crippen LogP contribution is -2.53. The van der Waals surface area contributed by atoms with Crippen molar-refractivity contribution >= 4 is 28.7 Å². The zero-order chi connectivity index (χ0) is 27.3. The molecule has 14 heteroatoms. The van der Waals surface area contributed by atoms with Gasteiger partial charge in [-0.15, -0.1) is 0 Å². The molecule has 0 spiro atoms. The van der Waals surface area contributed by atoms with Crippen LogP contribution in [0.4, 0.5) is 31.1 Å². The Morgan fingerprint density at radius 3 is 2.32 bits per heavy atom. The molecule has 7 nitrogen and oxygen atoms in total. The summed E-state index contributed by atoms with van der Waals surface area (Å²) in [5, 5.41) is 19.0. The summed E-state index contributed by atoms with van der Waals surface area (Å²) in [4.78, 5) is 15.4. The molecule has 0 amide bonds. The lowest BCUT2D eigenvalue weighted by atomic mass is 9.91. The third kappa shape index (κ3) is 4.60. The van der Waals surface area contributed by atoms with Crippen LogP contribution in [-0.4, -0.2) is 38.3 Å². The second kappa shape index (κ2) is 8.99. The number of carbonyl (C=O) groups is 1. The van der Waals surface area contributed by atoms with Gasteiger partial charge in [-0.2, -0.15) is 26.3 Å². The second-order valence-electron chi connectivity index (χ2n) is 7.95. The first kappa shape index (κ1) is 26.4. The number of hydrogen-bond donors (Lipinski definition) is 2. The van der Waals surface area contributed by atoms with Gasteiger partial charge in [-0.05, 0) is 37.3 Å². The fourth-order valence-electron chi connectivity index (χ4n) is 3.83. The van der Waals surface area contributed by atoms with E-state index in [0.29, 0.717) is 23.4 Å². The van der Waals surface area contributed by atoms with Crippen molar-refractivity contribution in [2.24, 2.45) is 0 Å². The molecule has 196 valence electrons. The highest BCUT2D eigenvalue weighted by Crippen LogP contribution is 2.50. The van der Waals surface area contributed by atoms with E-state index in [0.717, 1.165) is 6.07 Å². The molecule has 0 aliphatic carbocycles. The Kier molecular flexibility index (Phi) is 6.41. The van der Waals surface area contributed by atoms with Crippen molar-refractivity contribution in [3.05, 3.63) is 70.5 Å².